The molecule has 4 heterocycles. The predicted octanol–water partition coefficient (Wildman–Crippen LogP) is -1.56. The third-order valence-electron chi connectivity index (χ3n) is 4.08. The van der Waals surface area contributed by atoms with Gasteiger partial charge in [0, 0.05) is 0 Å². The van der Waals surface area contributed by atoms with E-state index in [2.05, 4.69) is 15.3 Å². The van der Waals surface area contributed by atoms with Crippen LogP contribution in [0.1, 0.15) is 0 Å². The molecule has 10 nitrogen and oxygen atoms in total. The number of nitrogens with one attached hydrogen (secondary N) is 1. The number of aliphatic hydroxyl groups excluding tert-OH is 1. The normalized spacial score (nSPS) is 36.2. The first-order chi connectivity index (χ1) is 10.9. The van der Waals surface area contributed by atoms with Crippen molar-refractivity contribution >= 4 is 44.3 Å². The molecule has 126 valence electrons. The maximum atomic E-state index is 10.6. The Morgan fingerprint density at radius 2 is 2.26 bits per heavy atom. The van der Waals surface area contributed by atoms with Crippen molar-refractivity contribution in [2.45, 2.75) is 24.5 Å². The molecular formula is C10H16BClN5O5P. The van der Waals surface area contributed by atoms with Crippen molar-refractivity contribution < 1.29 is 23.8 Å². The van der Waals surface area contributed by atoms with Gasteiger partial charge in [-0.15, -0.1) is 0 Å². The van der Waals surface area contributed by atoms with Crippen LogP contribution in [-0.4, -0.2) is 65.3 Å². The van der Waals surface area contributed by atoms with E-state index in [1.54, 1.807) is 4.90 Å². The summed E-state index contributed by atoms with van der Waals surface area (Å²) in [6, 6.07) is 0. The minimum atomic E-state index is -3.22. The molecule has 13 heteroatoms. The molecule has 1 aromatic heterocycles. The molecular weight excluding hydrogens is 347 g/mol. The van der Waals surface area contributed by atoms with Crippen molar-refractivity contribution in [1.82, 2.24) is 9.97 Å². The quantitative estimate of drug-likeness (QED) is 0.263. The van der Waals surface area contributed by atoms with E-state index in [0.29, 0.717) is 18.2 Å². The zero-order chi connectivity index (χ0) is 16.4. The Hall–Kier alpha value is -0.935. The monoisotopic (exact) mass is 363 g/mol. The molecule has 3 unspecified atom stereocenters. The molecule has 4 atom stereocenters. The Kier molecular flexibility index (Phi) is 3.58. The van der Waals surface area contributed by atoms with Crippen LogP contribution in [0.2, 0.25) is 5.28 Å². The number of fused-ring (bicyclic) bond motifs is 2. The molecule has 0 bridgehead atoms. The number of aromatic nitrogens is 2. The van der Waals surface area contributed by atoms with Gasteiger partial charge in [0.2, 0.25) is 0 Å². The molecule has 0 amide bonds. The van der Waals surface area contributed by atoms with Crippen molar-refractivity contribution in [3.63, 3.8) is 0 Å². The summed E-state index contributed by atoms with van der Waals surface area (Å²) < 4.78 is 16.6. The second kappa shape index (κ2) is 5.28. The topological polar surface area (TPSA) is 135 Å². The molecule has 0 aromatic carbocycles. The van der Waals surface area contributed by atoms with E-state index in [-0.39, 0.29) is 17.7 Å². The van der Waals surface area contributed by atoms with Crippen LogP contribution in [0.3, 0.4) is 0 Å². The number of aliphatic hydroxyl groups is 1. The Labute approximate surface area is 137 Å². The maximum absolute atomic E-state index is 10.6. The van der Waals surface area contributed by atoms with Crippen LogP contribution in [0.5, 0.6) is 0 Å². The number of ether oxygens (including phenoxy) is 1. The van der Waals surface area contributed by atoms with Crippen molar-refractivity contribution in [3.8, 4) is 0 Å². The summed E-state index contributed by atoms with van der Waals surface area (Å²) in [5, 5.41) is 13.6. The number of nitrogen functional groups attached to an aromatic ring is 1. The average Bonchev–Trinajstić information content (AvgIpc) is 3.00. The Balaban J connectivity index is 1.62. The number of anilines is 3. The molecule has 0 radical (unpaired) electrons. The molecule has 23 heavy (non-hydrogen) atoms. The van der Waals surface area contributed by atoms with E-state index in [1.165, 1.54) is 7.57 Å². The van der Waals surface area contributed by atoms with Crippen LogP contribution in [0.4, 0.5) is 17.3 Å². The number of halogens is 1. The summed E-state index contributed by atoms with van der Waals surface area (Å²) in [6.07, 6.45) is -2.84. The van der Waals surface area contributed by atoms with Crippen LogP contribution >= 0.6 is 19.4 Å². The van der Waals surface area contributed by atoms with E-state index in [0.717, 1.165) is 0 Å². The fourth-order valence-electron chi connectivity index (χ4n) is 3.05. The van der Waals surface area contributed by atoms with Gasteiger partial charge >= 0.3 is 137 Å². The molecule has 2 saturated heterocycles. The Morgan fingerprint density at radius 1 is 1.48 bits per heavy atom. The predicted molar refractivity (Wildman–Crippen MR) is 87.0 cm³/mol. The summed E-state index contributed by atoms with van der Waals surface area (Å²) >= 11 is 5.86. The number of nitrogens with zero attached hydrogens (tertiary/aromatic N) is 3. The molecule has 3 aliphatic heterocycles. The van der Waals surface area contributed by atoms with Gasteiger partial charge in [-0.25, -0.2) is 0 Å². The SMILES string of the molecule is B[PH]1(O)OCC2OC(N3CNc4c(N)nc(Cl)nc43)C(O)[C@@H]2O1. The average molecular weight is 364 g/mol. The van der Waals surface area contributed by atoms with Gasteiger partial charge in [-0.05, 0) is 0 Å². The Morgan fingerprint density at radius 3 is 3.04 bits per heavy atom. The number of rotatable bonds is 1. The summed E-state index contributed by atoms with van der Waals surface area (Å²) in [6.45, 7) is 0.489. The third kappa shape index (κ3) is 2.53. The van der Waals surface area contributed by atoms with Gasteiger partial charge in [-0.3, -0.25) is 0 Å². The van der Waals surface area contributed by atoms with Gasteiger partial charge in [0.05, 0.1) is 0 Å². The fraction of sp³-hybridized carbons (Fsp3) is 0.600. The second-order valence-corrected chi connectivity index (χ2v) is 8.39. The van der Waals surface area contributed by atoms with Crippen LogP contribution in [-0.2, 0) is 13.8 Å². The molecule has 5 N–H and O–H groups in total. The summed E-state index contributed by atoms with van der Waals surface area (Å²) in [5.74, 6) is 0.678. The van der Waals surface area contributed by atoms with Crippen molar-refractivity contribution in [2.24, 2.45) is 0 Å². The summed E-state index contributed by atoms with van der Waals surface area (Å²) in [7, 11) is -1.71. The first-order valence-electron chi connectivity index (χ1n) is 7.07. The zero-order valence-electron chi connectivity index (χ0n) is 12.1. The number of hydrogen-bond acceptors (Lipinski definition) is 10. The van der Waals surface area contributed by atoms with E-state index >= 15 is 0 Å². The van der Waals surface area contributed by atoms with Crippen LogP contribution in [0.25, 0.3) is 0 Å². The van der Waals surface area contributed by atoms with E-state index in [4.69, 9.17) is 31.1 Å². The fourth-order valence-corrected chi connectivity index (χ4v) is 4.55. The molecule has 2 fully saturated rings. The van der Waals surface area contributed by atoms with Crippen molar-refractivity contribution in [1.29, 1.82) is 0 Å². The molecule has 4 rings (SSSR count). The molecule has 0 saturated carbocycles. The van der Waals surface area contributed by atoms with Crippen molar-refractivity contribution in [3.05, 3.63) is 5.28 Å². The van der Waals surface area contributed by atoms with Gasteiger partial charge in [0.15, 0.2) is 0 Å². The first-order valence-corrected chi connectivity index (χ1v) is 9.71. The number of nitrogens with two attached hydrogens (primary N) is 1. The van der Waals surface area contributed by atoms with Gasteiger partial charge in [0.1, 0.15) is 0 Å². The van der Waals surface area contributed by atoms with Gasteiger partial charge in [-0.2, -0.15) is 0 Å². The Bertz CT molecular complexity index is 656. The molecule has 0 spiro atoms. The summed E-state index contributed by atoms with van der Waals surface area (Å²) in [5.41, 5.74) is 6.36. The number of hydrogen-bond donors (Lipinski definition) is 4. The second-order valence-electron chi connectivity index (χ2n) is 5.73. The van der Waals surface area contributed by atoms with E-state index in [9.17, 15) is 10.00 Å². The molecule has 1 aromatic rings. The van der Waals surface area contributed by atoms with Gasteiger partial charge < -0.3 is 0 Å². The van der Waals surface area contributed by atoms with Gasteiger partial charge in [-0.1, -0.05) is 0 Å². The molecule has 3 aliphatic rings. The standard InChI is InChI=1S/C10H16BClN5O5P/c11-23(19)20-1-3-6(22-23)5(18)9(21-3)17-2-14-4-7(13)15-10(12)16-8(4)17/h3,5-6,9,14,18-19,23H,1-2,11H2,(H2,13,15,16)/t3?,5?,6-,9?/m1/s1. The van der Waals surface area contributed by atoms with Crippen LogP contribution in [0, 0.1) is 0 Å². The van der Waals surface area contributed by atoms with Gasteiger partial charge in [0.25, 0.3) is 0 Å². The zero-order valence-corrected chi connectivity index (χ0v) is 13.9. The van der Waals surface area contributed by atoms with Crippen LogP contribution in [0.15, 0.2) is 0 Å². The van der Waals surface area contributed by atoms with Crippen LogP contribution < -0.4 is 16.0 Å². The van der Waals surface area contributed by atoms with Crippen molar-refractivity contribution in [2.75, 3.05) is 29.2 Å². The third-order valence-corrected chi connectivity index (χ3v) is 5.66. The minimum absolute atomic E-state index is 0.00905. The van der Waals surface area contributed by atoms with E-state index < -0.39 is 32.4 Å². The van der Waals surface area contributed by atoms with E-state index in [1.807, 2.05) is 0 Å². The summed E-state index contributed by atoms with van der Waals surface area (Å²) in [4.78, 5) is 19.7. The molecule has 0 aliphatic carbocycles. The first kappa shape index (κ1) is 15.6.